The Morgan fingerprint density at radius 1 is 1.67 bits per heavy atom. The Hall–Kier alpha value is 1.31. The summed E-state index contributed by atoms with van der Waals surface area (Å²) in [5, 5.41) is 0. The third-order valence-corrected chi connectivity index (χ3v) is 0.287. The molecule has 2 heteroatoms. The van der Waals surface area contributed by atoms with Gasteiger partial charge in [0.05, 0.1) is 0 Å². The Bertz CT molecular complexity index is 28.7. The zero-order valence-electron chi connectivity index (χ0n) is 4.15. The molecular formula is C4H7KN-. The van der Waals surface area contributed by atoms with Crippen molar-refractivity contribution in [3.8, 4) is 0 Å². The van der Waals surface area contributed by atoms with Gasteiger partial charge in [-0.15, -0.1) is 0 Å². The smallest absolute Gasteiger partial charge is 0.508 e. The van der Waals surface area contributed by atoms with Crippen molar-refractivity contribution < 1.29 is 51.4 Å². The second-order valence-electron chi connectivity index (χ2n) is 0.760. The molecule has 0 aliphatic rings. The molecule has 0 aromatic heterocycles. The van der Waals surface area contributed by atoms with Crippen LogP contribution in [0.4, 0.5) is 0 Å². The third-order valence-electron chi connectivity index (χ3n) is 0.287. The van der Waals surface area contributed by atoms with Crippen LogP contribution in [0.3, 0.4) is 0 Å². The quantitative estimate of drug-likeness (QED) is 0.216. The van der Waals surface area contributed by atoms with Crippen LogP contribution in [0.15, 0.2) is 4.99 Å². The van der Waals surface area contributed by atoms with E-state index in [9.17, 15) is 0 Å². The molecule has 0 spiro atoms. The second kappa shape index (κ2) is 9.58. The fourth-order valence-corrected chi connectivity index (χ4v) is 0.0913. The van der Waals surface area contributed by atoms with Crippen molar-refractivity contribution >= 4 is 6.72 Å². The summed E-state index contributed by atoms with van der Waals surface area (Å²) in [4.78, 5) is 3.29. The zero-order chi connectivity index (χ0) is 4.12. The average Bonchev–Trinajstić information content (AvgIpc) is 1.41. The molecule has 0 amide bonds. The molecule has 0 bridgehead atoms. The van der Waals surface area contributed by atoms with Crippen molar-refractivity contribution in [1.82, 2.24) is 0 Å². The predicted octanol–water partition coefficient (Wildman–Crippen LogP) is -2.21. The van der Waals surface area contributed by atoms with E-state index in [4.69, 9.17) is 6.72 Å². The van der Waals surface area contributed by atoms with Crippen molar-refractivity contribution in [2.24, 2.45) is 4.99 Å². The normalized spacial score (nSPS) is 6.17. The summed E-state index contributed by atoms with van der Waals surface area (Å²) in [5.41, 5.74) is 0. The Balaban J connectivity index is 0. The van der Waals surface area contributed by atoms with E-state index < -0.39 is 0 Å². The van der Waals surface area contributed by atoms with Gasteiger partial charge in [0.15, 0.2) is 0 Å². The number of aliphatic imine (C=N–C) groups is 1. The molecule has 1 nitrogen and oxygen atoms in total. The van der Waals surface area contributed by atoms with Crippen molar-refractivity contribution in [2.75, 3.05) is 6.54 Å². The Morgan fingerprint density at radius 2 is 2.17 bits per heavy atom. The van der Waals surface area contributed by atoms with Gasteiger partial charge in [-0.25, -0.2) is 0 Å². The molecule has 0 saturated carbocycles. The fraction of sp³-hybridized carbons (Fsp3) is 0.500. The van der Waals surface area contributed by atoms with E-state index in [0.29, 0.717) is 6.54 Å². The van der Waals surface area contributed by atoms with Gasteiger partial charge in [0.25, 0.3) is 0 Å². The van der Waals surface area contributed by atoms with Gasteiger partial charge in [0.1, 0.15) is 0 Å². The monoisotopic (exact) mass is 108 g/mol. The summed E-state index contributed by atoms with van der Waals surface area (Å²) in [6.07, 6.45) is 0.802. The van der Waals surface area contributed by atoms with Crippen LogP contribution in [-0.4, -0.2) is 13.3 Å². The molecular weight excluding hydrogens is 101 g/mol. The van der Waals surface area contributed by atoms with Crippen molar-refractivity contribution in [3.05, 3.63) is 6.92 Å². The maximum atomic E-state index is 4.72. The fourth-order valence-electron chi connectivity index (χ4n) is 0.0913. The minimum absolute atomic E-state index is 0. The van der Waals surface area contributed by atoms with Crippen molar-refractivity contribution in [3.63, 3.8) is 0 Å². The molecule has 0 heterocycles. The molecule has 0 atom stereocenters. The van der Waals surface area contributed by atoms with Gasteiger partial charge in [-0.1, -0.05) is 0 Å². The first-order valence-corrected chi connectivity index (χ1v) is 1.57. The van der Waals surface area contributed by atoms with E-state index in [0.717, 1.165) is 6.42 Å². The summed E-state index contributed by atoms with van der Waals surface area (Å²) in [6.45, 7) is 8.91. The topological polar surface area (TPSA) is 12.4 Å². The number of hydrogen-bond donors (Lipinski definition) is 0. The first kappa shape index (κ1) is 10.3. The summed E-state index contributed by atoms with van der Waals surface area (Å²) in [7, 11) is 0. The van der Waals surface area contributed by atoms with E-state index in [-0.39, 0.29) is 51.4 Å². The largest absolute Gasteiger partial charge is 1.00 e. The average molecular weight is 108 g/mol. The van der Waals surface area contributed by atoms with Crippen LogP contribution in [0.1, 0.15) is 6.42 Å². The van der Waals surface area contributed by atoms with Gasteiger partial charge in [-0.2, -0.15) is 6.42 Å². The first-order chi connectivity index (χ1) is 2.41. The second-order valence-corrected chi connectivity index (χ2v) is 0.760. The maximum Gasteiger partial charge on any atom is 1.00 e. The van der Waals surface area contributed by atoms with Gasteiger partial charge >= 0.3 is 51.4 Å². The Kier molecular flexibility index (Phi) is 16.5. The maximum absolute atomic E-state index is 4.72. The van der Waals surface area contributed by atoms with Crippen LogP contribution in [0.25, 0.3) is 0 Å². The molecule has 0 N–H and O–H groups in total. The van der Waals surface area contributed by atoms with Gasteiger partial charge in [0, 0.05) is 0 Å². The van der Waals surface area contributed by atoms with E-state index in [2.05, 4.69) is 11.9 Å². The summed E-state index contributed by atoms with van der Waals surface area (Å²) < 4.78 is 0. The molecule has 0 saturated heterocycles. The van der Waals surface area contributed by atoms with Crippen LogP contribution in [0.5, 0.6) is 0 Å². The molecule has 0 unspecified atom stereocenters. The summed E-state index contributed by atoms with van der Waals surface area (Å²) in [5.74, 6) is 0. The molecule has 0 aliphatic heterocycles. The van der Waals surface area contributed by atoms with Gasteiger partial charge in [-0.3, -0.25) is 0 Å². The van der Waals surface area contributed by atoms with E-state index in [1.807, 2.05) is 0 Å². The molecule has 0 rings (SSSR count). The Labute approximate surface area is 81.7 Å². The summed E-state index contributed by atoms with van der Waals surface area (Å²) >= 11 is 0. The molecule has 0 fully saturated rings. The van der Waals surface area contributed by atoms with Crippen LogP contribution in [0.2, 0.25) is 0 Å². The van der Waals surface area contributed by atoms with Crippen LogP contribution in [-0.2, 0) is 0 Å². The van der Waals surface area contributed by atoms with E-state index in [1.54, 1.807) is 0 Å². The molecule has 0 aliphatic carbocycles. The minimum Gasteiger partial charge on any atom is -0.508 e. The van der Waals surface area contributed by atoms with Gasteiger partial charge in [-0.05, 0) is 6.54 Å². The first-order valence-electron chi connectivity index (χ1n) is 1.57. The van der Waals surface area contributed by atoms with E-state index >= 15 is 0 Å². The molecule has 6 heavy (non-hydrogen) atoms. The van der Waals surface area contributed by atoms with Crippen LogP contribution < -0.4 is 51.4 Å². The molecule has 0 aromatic carbocycles. The number of rotatable bonds is 2. The number of hydrogen-bond acceptors (Lipinski definition) is 1. The standard InChI is InChI=1S/C4H7N.K/c1-3-4-5-2;/h2H,1,3-4H2;/q-2;+1. The van der Waals surface area contributed by atoms with E-state index in [1.165, 1.54) is 0 Å². The van der Waals surface area contributed by atoms with Crippen LogP contribution in [0, 0.1) is 6.92 Å². The van der Waals surface area contributed by atoms with Crippen molar-refractivity contribution in [1.29, 1.82) is 0 Å². The summed E-state index contributed by atoms with van der Waals surface area (Å²) in [6, 6.07) is 0. The SMILES string of the molecule is [CH-]=NCC[CH2-].[K+]. The minimum atomic E-state index is 0. The molecule has 0 radical (unpaired) electrons. The van der Waals surface area contributed by atoms with Crippen LogP contribution >= 0.6 is 0 Å². The molecule has 0 aromatic rings. The van der Waals surface area contributed by atoms with Gasteiger partial charge in [0.2, 0.25) is 0 Å². The number of nitrogens with zero attached hydrogens (tertiary/aromatic N) is 1. The molecule has 30 valence electrons. The zero-order valence-corrected chi connectivity index (χ0v) is 7.27. The Morgan fingerprint density at radius 3 is 2.17 bits per heavy atom. The third kappa shape index (κ3) is 9.00. The predicted molar refractivity (Wildman–Crippen MR) is 23.3 cm³/mol. The van der Waals surface area contributed by atoms with Crippen molar-refractivity contribution in [2.45, 2.75) is 6.42 Å². The van der Waals surface area contributed by atoms with Gasteiger partial charge < -0.3 is 18.6 Å².